The Balaban J connectivity index is 0.960. The molecule has 79 heavy (non-hydrogen) atoms. The van der Waals surface area contributed by atoms with Crippen LogP contribution in [0.2, 0.25) is 10.4 Å². The SMILES string of the molecule is Cc1cc(C(CCC[As](c2ccccc2)(c2ccccc2)c2ccccc2)CCC[As](c2ccccc2)(c2ccccc2)c2ccccc2)cc2c1OC13Oc4c(cc(C(C)(C)C)cc4C(C)(C)C)C=[N+]1C1CCCCC1[N+]3=C2. The summed E-state index contributed by atoms with van der Waals surface area (Å²) < 4.78 is 29.4. The third-order valence-corrected chi connectivity index (χ3v) is 36.9. The van der Waals surface area contributed by atoms with Crippen molar-refractivity contribution in [2.24, 2.45) is 0 Å². The van der Waals surface area contributed by atoms with E-state index in [4.69, 9.17) is 9.47 Å². The Morgan fingerprint density at radius 1 is 0.468 bits per heavy atom. The first-order valence-electron chi connectivity index (χ1n) is 29.4. The number of nitrogens with zero attached hydrogens (tertiary/aromatic N) is 2. The Hall–Kier alpha value is -6.18. The second kappa shape index (κ2) is 21.7. The zero-order valence-electron chi connectivity index (χ0n) is 47.7. The average molecular weight is 1170 g/mol. The predicted molar refractivity (Wildman–Crippen MR) is 335 cm³/mol. The van der Waals surface area contributed by atoms with Crippen LogP contribution in [0, 0.1) is 6.92 Å². The Labute approximate surface area is 477 Å². The Morgan fingerprint density at radius 2 is 0.835 bits per heavy atom. The molecular formula is C73H80As2N2O2+2. The van der Waals surface area contributed by atoms with E-state index in [1.54, 1.807) is 0 Å². The number of benzene rings is 8. The second-order valence-electron chi connectivity index (χ2n) is 25.0. The van der Waals surface area contributed by atoms with E-state index in [0.717, 1.165) is 66.0 Å². The van der Waals surface area contributed by atoms with E-state index in [-0.39, 0.29) is 22.9 Å². The molecule has 0 N–H and O–H groups in total. The fraction of sp³-hybridized carbons (Fsp3) is 0.315. The summed E-state index contributed by atoms with van der Waals surface area (Å²) in [4.78, 5) is 0. The van der Waals surface area contributed by atoms with E-state index in [1.807, 2.05) is 0 Å². The molecule has 0 bridgehead atoms. The van der Waals surface area contributed by atoms with Crippen LogP contribution in [-0.4, -0.2) is 66.8 Å². The average Bonchev–Trinajstić information content (AvgIpc) is 3.38. The van der Waals surface area contributed by atoms with Crippen LogP contribution in [0.4, 0.5) is 0 Å². The van der Waals surface area contributed by atoms with Gasteiger partial charge in [-0.3, -0.25) is 0 Å². The summed E-state index contributed by atoms with van der Waals surface area (Å²) in [7, 11) is 0. The molecular weight excluding hydrogens is 1090 g/mol. The fourth-order valence-electron chi connectivity index (χ4n) is 14.0. The van der Waals surface area contributed by atoms with Crippen LogP contribution in [0.15, 0.2) is 206 Å². The first-order chi connectivity index (χ1) is 38.3. The number of ether oxygens (including phenoxy) is 2. The van der Waals surface area contributed by atoms with Gasteiger partial charge >= 0.3 is 393 Å². The van der Waals surface area contributed by atoms with Crippen LogP contribution in [0.25, 0.3) is 0 Å². The molecule has 3 atom stereocenters. The monoisotopic (exact) mass is 1170 g/mol. The van der Waals surface area contributed by atoms with Gasteiger partial charge < -0.3 is 0 Å². The van der Waals surface area contributed by atoms with Crippen LogP contribution in [0.5, 0.6) is 11.5 Å². The molecule has 8 aromatic rings. The number of rotatable bonds is 15. The van der Waals surface area contributed by atoms with Gasteiger partial charge in [-0.25, -0.2) is 0 Å². The maximum absolute atomic E-state index is 7.65. The quantitative estimate of drug-likeness (QED) is 0.0755. The summed E-state index contributed by atoms with van der Waals surface area (Å²) in [6.07, 6.45) is 14.0. The molecule has 3 unspecified atom stereocenters. The topological polar surface area (TPSA) is 24.5 Å². The van der Waals surface area contributed by atoms with Crippen molar-refractivity contribution in [2.45, 2.75) is 145 Å². The number of aryl methyl sites for hydroxylation is 1. The molecule has 0 amide bonds. The van der Waals surface area contributed by atoms with Crippen LogP contribution < -0.4 is 35.6 Å². The van der Waals surface area contributed by atoms with Gasteiger partial charge in [-0.05, 0) is 28.9 Å². The van der Waals surface area contributed by atoms with Crippen LogP contribution in [-0.2, 0) is 10.8 Å². The van der Waals surface area contributed by atoms with Gasteiger partial charge in [-0.2, -0.15) is 0 Å². The zero-order chi connectivity index (χ0) is 54.4. The summed E-state index contributed by atoms with van der Waals surface area (Å²) >= 11 is -5.96. The predicted octanol–water partition coefficient (Wildman–Crippen LogP) is 12.9. The summed E-state index contributed by atoms with van der Waals surface area (Å²) in [6, 6.07) is 78.7. The number of fused-ring (bicyclic) bond motifs is 5. The minimum atomic E-state index is -2.98. The molecule has 1 aliphatic carbocycles. The molecule has 1 saturated heterocycles. The number of hydrogen-bond acceptors (Lipinski definition) is 2. The first kappa shape index (κ1) is 53.5. The van der Waals surface area contributed by atoms with Gasteiger partial charge in [0.2, 0.25) is 0 Å². The van der Waals surface area contributed by atoms with Gasteiger partial charge in [-0.15, -0.1) is 0 Å². The van der Waals surface area contributed by atoms with Crippen molar-refractivity contribution in [2.75, 3.05) is 0 Å². The van der Waals surface area contributed by atoms with E-state index in [9.17, 15) is 0 Å². The number of hydrogen-bond donors (Lipinski definition) is 0. The third kappa shape index (κ3) is 9.82. The molecule has 3 heterocycles. The van der Waals surface area contributed by atoms with Crippen molar-refractivity contribution >= 4 is 65.6 Å². The van der Waals surface area contributed by atoms with Crippen LogP contribution in [0.1, 0.15) is 132 Å². The van der Waals surface area contributed by atoms with Gasteiger partial charge in [0.05, 0.1) is 5.56 Å². The van der Waals surface area contributed by atoms with E-state index in [0.29, 0.717) is 5.92 Å². The molecule has 0 aromatic heterocycles. The summed E-state index contributed by atoms with van der Waals surface area (Å²) in [5.74, 6) is 2.23. The maximum atomic E-state index is 7.65. The Kier molecular flexibility index (Phi) is 14.7. The molecule has 4 nitrogen and oxygen atoms in total. The summed E-state index contributed by atoms with van der Waals surface area (Å²) in [5, 5.41) is 2.31. The molecule has 402 valence electrons. The summed E-state index contributed by atoms with van der Waals surface area (Å²) in [6.45, 7) is 16.2. The first-order valence-corrected chi connectivity index (χ1v) is 37.7. The Bertz CT molecular complexity index is 3170. The van der Waals surface area contributed by atoms with Gasteiger partial charge in [0.1, 0.15) is 0 Å². The standard InChI is InChI=1S/C73H80As2N2O2/c1-54-48-56(49-57-52-76-67-44-26-27-45-68(67)77-53-58-50-59(71(2,3)4)51-66(72(5,6)7)70(58)79-73(76,77)78-69(54)57)55(30-28-46-74(60-32-14-8-15-33-60,61-34-16-9-17-35-61)62-36-18-10-19-37-62)31-29-47-75(63-38-20-11-21-39-63,64-40-22-12-23-41-64)65-42-24-13-25-43-65/h8-25,32-43,48-53,55,67-68H,26-31,44-47H2,1-7H3/q+2. The molecule has 8 aromatic carbocycles. The van der Waals surface area contributed by atoms with Gasteiger partial charge in [0, 0.05) is 5.56 Å². The van der Waals surface area contributed by atoms with E-state index >= 15 is 0 Å². The van der Waals surface area contributed by atoms with Crippen molar-refractivity contribution in [1.29, 1.82) is 0 Å². The molecule has 1 spiro atoms. The van der Waals surface area contributed by atoms with Crippen LogP contribution >= 0.6 is 0 Å². The molecule has 12 rings (SSSR count). The van der Waals surface area contributed by atoms with Gasteiger partial charge in [0.25, 0.3) is 0 Å². The van der Waals surface area contributed by atoms with Crippen molar-refractivity contribution in [3.05, 3.63) is 240 Å². The van der Waals surface area contributed by atoms with Crippen molar-refractivity contribution < 1.29 is 18.6 Å². The van der Waals surface area contributed by atoms with Crippen molar-refractivity contribution in [3.63, 3.8) is 0 Å². The zero-order valence-corrected chi connectivity index (χ0v) is 51.4. The Morgan fingerprint density at radius 3 is 1.20 bits per heavy atom. The molecule has 6 heteroatoms. The van der Waals surface area contributed by atoms with E-state index in [1.165, 1.54) is 66.8 Å². The second-order valence-corrected chi connectivity index (χ2v) is 40.2. The fourth-order valence-corrected chi connectivity index (χ4v) is 32.3. The minimum absolute atomic E-state index is 0.00241. The molecule has 4 aliphatic rings. The molecule has 2 radical (unpaired) electrons. The van der Waals surface area contributed by atoms with Crippen molar-refractivity contribution in [1.82, 2.24) is 0 Å². The molecule has 3 aliphatic heterocycles. The third-order valence-electron chi connectivity index (χ3n) is 18.0. The van der Waals surface area contributed by atoms with E-state index in [2.05, 4.69) is 276 Å². The van der Waals surface area contributed by atoms with Crippen LogP contribution in [0.3, 0.4) is 0 Å². The van der Waals surface area contributed by atoms with Crippen molar-refractivity contribution in [3.8, 4) is 11.5 Å². The summed E-state index contributed by atoms with van der Waals surface area (Å²) in [5.41, 5.74) is 7.39. The van der Waals surface area contributed by atoms with Gasteiger partial charge in [-0.1, -0.05) is 47.6 Å². The van der Waals surface area contributed by atoms with E-state index < -0.39 is 33.1 Å². The molecule has 1 saturated carbocycles. The van der Waals surface area contributed by atoms with Gasteiger partial charge in [0.15, 0.2) is 0 Å². The normalized spacial score (nSPS) is 18.7. The molecule has 2 fully saturated rings.